The molecule has 2 aliphatic rings. The van der Waals surface area contributed by atoms with Crippen molar-refractivity contribution in [1.29, 1.82) is 0 Å². The second-order valence-electron chi connectivity index (χ2n) is 4.15. The number of hydrogen-bond donors (Lipinski definition) is 0. The maximum atomic E-state index is 11.4. The summed E-state index contributed by atoms with van der Waals surface area (Å²) in [5.41, 5.74) is 0.638. The minimum absolute atomic E-state index is 0.349. The fourth-order valence-corrected chi connectivity index (χ4v) is 2.82. The standard InChI is InChI=1S/C10H13IO/c11-5-2-9(12)8-6-10(7-8)3-1-4-10/h2,5,8H,1,3-4,6-7H2. The van der Waals surface area contributed by atoms with Crippen molar-refractivity contribution < 1.29 is 4.79 Å². The van der Waals surface area contributed by atoms with Crippen LogP contribution in [0.1, 0.15) is 32.1 Å². The van der Waals surface area contributed by atoms with E-state index >= 15 is 0 Å². The van der Waals surface area contributed by atoms with Crippen molar-refractivity contribution in [2.24, 2.45) is 11.3 Å². The molecule has 0 amide bonds. The van der Waals surface area contributed by atoms with Crippen molar-refractivity contribution in [1.82, 2.24) is 0 Å². The second-order valence-corrected chi connectivity index (χ2v) is 4.87. The highest BCUT2D eigenvalue weighted by molar-refractivity contribution is 14.1. The van der Waals surface area contributed by atoms with Crippen LogP contribution in [-0.2, 0) is 4.79 Å². The van der Waals surface area contributed by atoms with E-state index in [4.69, 9.17) is 0 Å². The Balaban J connectivity index is 1.84. The topological polar surface area (TPSA) is 17.1 Å². The fraction of sp³-hybridized carbons (Fsp3) is 0.700. The zero-order chi connectivity index (χ0) is 8.60. The van der Waals surface area contributed by atoms with E-state index < -0.39 is 0 Å². The van der Waals surface area contributed by atoms with Crippen LogP contribution in [0.15, 0.2) is 10.2 Å². The van der Waals surface area contributed by atoms with Crippen LogP contribution < -0.4 is 0 Å². The smallest absolute Gasteiger partial charge is 0.159 e. The molecule has 0 aromatic heterocycles. The molecule has 2 heteroatoms. The maximum absolute atomic E-state index is 11.4. The molecule has 0 unspecified atom stereocenters. The van der Waals surface area contributed by atoms with E-state index in [-0.39, 0.29) is 0 Å². The van der Waals surface area contributed by atoms with Crippen molar-refractivity contribution in [2.75, 3.05) is 0 Å². The lowest BCUT2D eigenvalue weighted by molar-refractivity contribution is -0.129. The minimum atomic E-state index is 0.349. The number of hydrogen-bond acceptors (Lipinski definition) is 1. The van der Waals surface area contributed by atoms with Gasteiger partial charge in [0, 0.05) is 5.92 Å². The summed E-state index contributed by atoms with van der Waals surface area (Å²) in [6.07, 6.45) is 8.22. The Labute approximate surface area is 86.7 Å². The molecule has 0 N–H and O–H groups in total. The quantitative estimate of drug-likeness (QED) is 0.559. The summed E-state index contributed by atoms with van der Waals surface area (Å²) in [5.74, 6) is 0.721. The van der Waals surface area contributed by atoms with E-state index in [0.717, 1.165) is 0 Å². The molecular formula is C10H13IO. The Hall–Kier alpha value is 0.140. The van der Waals surface area contributed by atoms with Crippen LogP contribution in [-0.4, -0.2) is 5.78 Å². The van der Waals surface area contributed by atoms with Crippen LogP contribution in [0.25, 0.3) is 0 Å². The molecule has 2 aliphatic carbocycles. The lowest BCUT2D eigenvalue weighted by Gasteiger charge is -2.53. The van der Waals surface area contributed by atoms with E-state index in [1.165, 1.54) is 32.1 Å². The fourth-order valence-electron chi connectivity index (χ4n) is 2.47. The molecule has 66 valence electrons. The molecule has 0 bridgehead atoms. The third-order valence-corrected chi connectivity index (χ3v) is 3.76. The molecule has 12 heavy (non-hydrogen) atoms. The van der Waals surface area contributed by atoms with E-state index in [0.29, 0.717) is 17.1 Å². The van der Waals surface area contributed by atoms with Crippen LogP contribution in [0.2, 0.25) is 0 Å². The van der Waals surface area contributed by atoms with E-state index in [1.54, 1.807) is 6.08 Å². The highest BCUT2D eigenvalue weighted by atomic mass is 127. The lowest BCUT2D eigenvalue weighted by atomic mass is 9.51. The van der Waals surface area contributed by atoms with Crippen molar-refractivity contribution in [3.8, 4) is 0 Å². The zero-order valence-corrected chi connectivity index (χ0v) is 9.21. The van der Waals surface area contributed by atoms with Gasteiger partial charge in [0.25, 0.3) is 0 Å². The Morgan fingerprint density at radius 2 is 2.08 bits per heavy atom. The predicted molar refractivity (Wildman–Crippen MR) is 57.2 cm³/mol. The average molecular weight is 276 g/mol. The second kappa shape index (κ2) is 3.13. The third kappa shape index (κ3) is 1.34. The summed E-state index contributed by atoms with van der Waals surface area (Å²) in [4.78, 5) is 11.4. The number of halogens is 1. The minimum Gasteiger partial charge on any atom is -0.295 e. The van der Waals surface area contributed by atoms with Gasteiger partial charge in [-0.25, -0.2) is 0 Å². The zero-order valence-electron chi connectivity index (χ0n) is 7.05. The summed E-state index contributed by atoms with van der Waals surface area (Å²) in [6, 6.07) is 0. The van der Waals surface area contributed by atoms with Crippen LogP contribution in [0.4, 0.5) is 0 Å². The molecule has 0 heterocycles. The number of carbonyl (C=O) groups is 1. The Morgan fingerprint density at radius 1 is 1.42 bits per heavy atom. The molecule has 1 nitrogen and oxygen atoms in total. The SMILES string of the molecule is O=C(C=CI)C1CC2(CCC2)C1. The molecular weight excluding hydrogens is 263 g/mol. The van der Waals surface area contributed by atoms with Gasteiger partial charge in [-0.1, -0.05) is 29.0 Å². The van der Waals surface area contributed by atoms with Crippen molar-refractivity contribution in [3.63, 3.8) is 0 Å². The first-order valence-corrected chi connectivity index (χ1v) is 5.81. The van der Waals surface area contributed by atoms with Gasteiger partial charge in [-0.2, -0.15) is 0 Å². The third-order valence-electron chi connectivity index (χ3n) is 3.40. The molecule has 0 saturated heterocycles. The largest absolute Gasteiger partial charge is 0.295 e. The van der Waals surface area contributed by atoms with E-state index in [9.17, 15) is 4.79 Å². The molecule has 0 aromatic rings. The molecule has 2 fully saturated rings. The van der Waals surface area contributed by atoms with Crippen LogP contribution in [0.5, 0.6) is 0 Å². The molecule has 1 spiro atoms. The van der Waals surface area contributed by atoms with Gasteiger partial charge < -0.3 is 0 Å². The molecule has 0 radical (unpaired) electrons. The van der Waals surface area contributed by atoms with Gasteiger partial charge in [0.1, 0.15) is 0 Å². The predicted octanol–water partition coefficient (Wildman–Crippen LogP) is 3.08. The van der Waals surface area contributed by atoms with Crippen LogP contribution >= 0.6 is 22.6 Å². The van der Waals surface area contributed by atoms with Gasteiger partial charge in [-0.15, -0.1) is 0 Å². The highest BCUT2D eigenvalue weighted by Gasteiger charge is 2.49. The van der Waals surface area contributed by atoms with Crippen molar-refractivity contribution in [3.05, 3.63) is 10.2 Å². The Morgan fingerprint density at radius 3 is 2.50 bits per heavy atom. The number of ketones is 1. The van der Waals surface area contributed by atoms with Gasteiger partial charge in [0.15, 0.2) is 5.78 Å². The Bertz CT molecular complexity index is 220. The normalized spacial score (nSPS) is 27.1. The molecule has 0 aliphatic heterocycles. The average Bonchev–Trinajstić information content (AvgIpc) is 1.81. The number of carbonyl (C=O) groups excluding carboxylic acids is 1. The molecule has 0 atom stereocenters. The summed E-state index contributed by atoms with van der Waals surface area (Å²) >= 11 is 2.11. The highest BCUT2D eigenvalue weighted by Crippen LogP contribution is 2.58. The molecule has 2 rings (SSSR count). The van der Waals surface area contributed by atoms with Gasteiger partial charge in [-0.3, -0.25) is 4.79 Å². The van der Waals surface area contributed by atoms with Gasteiger partial charge in [-0.05, 0) is 41.3 Å². The monoisotopic (exact) mass is 276 g/mol. The number of rotatable bonds is 2. The summed E-state index contributed by atoms with van der Waals surface area (Å²) < 4.78 is 1.83. The van der Waals surface area contributed by atoms with Gasteiger partial charge >= 0.3 is 0 Å². The number of allylic oxidation sites excluding steroid dienone is 1. The van der Waals surface area contributed by atoms with Gasteiger partial charge in [0.05, 0.1) is 0 Å². The van der Waals surface area contributed by atoms with Crippen LogP contribution in [0.3, 0.4) is 0 Å². The summed E-state index contributed by atoms with van der Waals surface area (Å²) in [6.45, 7) is 0. The first kappa shape index (κ1) is 8.73. The first-order valence-electron chi connectivity index (χ1n) is 4.56. The van der Waals surface area contributed by atoms with Crippen LogP contribution in [0, 0.1) is 11.3 Å². The Kier molecular flexibility index (Phi) is 2.27. The van der Waals surface area contributed by atoms with Crippen molar-refractivity contribution in [2.45, 2.75) is 32.1 Å². The van der Waals surface area contributed by atoms with Gasteiger partial charge in [0.2, 0.25) is 0 Å². The van der Waals surface area contributed by atoms with E-state index in [2.05, 4.69) is 22.6 Å². The molecule has 0 aromatic carbocycles. The van der Waals surface area contributed by atoms with E-state index in [1.807, 2.05) is 4.08 Å². The molecule has 2 saturated carbocycles. The van der Waals surface area contributed by atoms with Crippen molar-refractivity contribution >= 4 is 28.4 Å². The lowest BCUT2D eigenvalue weighted by Crippen LogP contribution is -2.45. The summed E-state index contributed by atoms with van der Waals surface area (Å²) in [5, 5.41) is 0. The maximum Gasteiger partial charge on any atom is 0.159 e. The first-order chi connectivity index (χ1) is 5.76. The summed E-state index contributed by atoms with van der Waals surface area (Å²) in [7, 11) is 0.